The Morgan fingerprint density at radius 2 is 1.88 bits per heavy atom. The van der Waals surface area contributed by atoms with E-state index >= 15 is 0 Å². The maximum absolute atomic E-state index is 11.7. The van der Waals surface area contributed by atoms with E-state index in [1.54, 1.807) is 38.3 Å². The summed E-state index contributed by atoms with van der Waals surface area (Å²) >= 11 is 0. The van der Waals surface area contributed by atoms with Gasteiger partial charge in [0, 0.05) is 12.3 Å². The first-order valence-corrected chi connectivity index (χ1v) is 5.14. The standard InChI is InChI=1S/C12H13NO3/c1-8-7-11(14)13(12(8)15)9-3-5-10(16-2)6-4-9/h3-6,8H,7H2,1-2H3/t8-/m1/s1. The summed E-state index contributed by atoms with van der Waals surface area (Å²) in [6, 6.07) is 6.90. The second-order valence-corrected chi connectivity index (χ2v) is 3.87. The zero-order chi connectivity index (χ0) is 11.7. The van der Waals surface area contributed by atoms with Crippen LogP contribution in [0.3, 0.4) is 0 Å². The minimum atomic E-state index is -0.213. The number of hydrogen-bond acceptors (Lipinski definition) is 3. The van der Waals surface area contributed by atoms with E-state index in [4.69, 9.17) is 4.74 Å². The fraction of sp³-hybridized carbons (Fsp3) is 0.333. The van der Waals surface area contributed by atoms with E-state index in [0.29, 0.717) is 17.9 Å². The number of carbonyl (C=O) groups excluding carboxylic acids is 2. The fourth-order valence-corrected chi connectivity index (χ4v) is 1.79. The molecule has 0 aromatic heterocycles. The second kappa shape index (κ2) is 3.96. The normalized spacial score (nSPS) is 20.4. The number of ether oxygens (including phenoxy) is 1. The summed E-state index contributed by atoms with van der Waals surface area (Å²) in [5, 5.41) is 0. The van der Waals surface area contributed by atoms with Crippen LogP contribution in [-0.2, 0) is 9.59 Å². The number of nitrogens with zero attached hydrogens (tertiary/aromatic N) is 1. The van der Waals surface area contributed by atoms with Crippen molar-refractivity contribution in [2.75, 3.05) is 12.0 Å². The van der Waals surface area contributed by atoms with E-state index in [9.17, 15) is 9.59 Å². The van der Waals surface area contributed by atoms with Crippen molar-refractivity contribution in [2.24, 2.45) is 5.92 Å². The highest BCUT2D eigenvalue weighted by molar-refractivity contribution is 6.20. The van der Waals surface area contributed by atoms with E-state index in [1.165, 1.54) is 4.90 Å². The molecule has 84 valence electrons. The van der Waals surface area contributed by atoms with E-state index in [-0.39, 0.29) is 17.7 Å². The molecule has 4 nitrogen and oxygen atoms in total. The van der Waals surface area contributed by atoms with Crippen LogP contribution >= 0.6 is 0 Å². The summed E-state index contributed by atoms with van der Waals surface area (Å²) in [5.41, 5.74) is 0.611. The summed E-state index contributed by atoms with van der Waals surface area (Å²) in [7, 11) is 1.57. The van der Waals surface area contributed by atoms with Gasteiger partial charge < -0.3 is 4.74 Å². The number of amides is 2. The average Bonchev–Trinajstić information content (AvgIpc) is 2.54. The van der Waals surface area contributed by atoms with Gasteiger partial charge in [-0.15, -0.1) is 0 Å². The molecule has 1 aliphatic rings. The van der Waals surface area contributed by atoms with Gasteiger partial charge in [0.15, 0.2) is 0 Å². The SMILES string of the molecule is COc1ccc(N2C(=O)C[C@@H](C)C2=O)cc1. The molecule has 1 heterocycles. The zero-order valence-corrected chi connectivity index (χ0v) is 9.27. The van der Waals surface area contributed by atoms with Gasteiger partial charge in [0.2, 0.25) is 11.8 Å². The number of anilines is 1. The molecule has 2 amide bonds. The van der Waals surface area contributed by atoms with Crippen LogP contribution in [0, 0.1) is 5.92 Å². The third-order valence-electron chi connectivity index (χ3n) is 2.70. The van der Waals surface area contributed by atoms with Crippen LogP contribution < -0.4 is 9.64 Å². The minimum Gasteiger partial charge on any atom is -0.497 e. The first-order chi connectivity index (χ1) is 7.63. The van der Waals surface area contributed by atoms with Crippen LogP contribution in [0.4, 0.5) is 5.69 Å². The lowest BCUT2D eigenvalue weighted by atomic mass is 10.1. The minimum absolute atomic E-state index is 0.129. The second-order valence-electron chi connectivity index (χ2n) is 3.87. The maximum Gasteiger partial charge on any atom is 0.237 e. The number of methoxy groups -OCH3 is 1. The Kier molecular flexibility index (Phi) is 2.64. The van der Waals surface area contributed by atoms with Crippen LogP contribution in [0.5, 0.6) is 5.75 Å². The number of imide groups is 1. The molecule has 0 radical (unpaired) electrons. The third kappa shape index (κ3) is 1.66. The third-order valence-corrected chi connectivity index (χ3v) is 2.70. The molecule has 0 spiro atoms. The Morgan fingerprint density at radius 3 is 2.31 bits per heavy atom. The van der Waals surface area contributed by atoms with Crippen molar-refractivity contribution in [1.29, 1.82) is 0 Å². The van der Waals surface area contributed by atoms with Crippen molar-refractivity contribution in [1.82, 2.24) is 0 Å². The molecule has 1 aromatic rings. The van der Waals surface area contributed by atoms with Crippen LogP contribution in [0.1, 0.15) is 13.3 Å². The number of benzene rings is 1. The van der Waals surface area contributed by atoms with Gasteiger partial charge in [0.25, 0.3) is 0 Å². The van der Waals surface area contributed by atoms with Gasteiger partial charge in [0.05, 0.1) is 12.8 Å². The van der Waals surface area contributed by atoms with E-state index in [1.807, 2.05) is 0 Å². The summed E-state index contributed by atoms with van der Waals surface area (Å²) in [5.74, 6) is 0.225. The molecule has 16 heavy (non-hydrogen) atoms. The molecular formula is C12H13NO3. The monoisotopic (exact) mass is 219 g/mol. The van der Waals surface area contributed by atoms with E-state index in [0.717, 1.165) is 0 Å². The lowest BCUT2D eigenvalue weighted by molar-refractivity contribution is -0.122. The van der Waals surface area contributed by atoms with Crippen LogP contribution in [0.2, 0.25) is 0 Å². The zero-order valence-electron chi connectivity index (χ0n) is 9.27. The molecule has 1 aliphatic heterocycles. The van der Waals surface area contributed by atoms with Crippen molar-refractivity contribution < 1.29 is 14.3 Å². The largest absolute Gasteiger partial charge is 0.497 e. The molecule has 0 N–H and O–H groups in total. The van der Waals surface area contributed by atoms with Gasteiger partial charge in [-0.25, -0.2) is 0 Å². The van der Waals surface area contributed by atoms with Crippen molar-refractivity contribution >= 4 is 17.5 Å². The lowest BCUT2D eigenvalue weighted by Crippen LogP contribution is -2.29. The average molecular weight is 219 g/mol. The van der Waals surface area contributed by atoms with Gasteiger partial charge in [0.1, 0.15) is 5.75 Å². The van der Waals surface area contributed by atoms with Gasteiger partial charge in [-0.1, -0.05) is 6.92 Å². The summed E-state index contributed by atoms with van der Waals surface area (Å²) < 4.78 is 5.02. The lowest BCUT2D eigenvalue weighted by Gasteiger charge is -2.14. The molecule has 1 saturated heterocycles. The molecule has 1 aromatic carbocycles. The maximum atomic E-state index is 11.7. The molecule has 1 fully saturated rings. The fourth-order valence-electron chi connectivity index (χ4n) is 1.79. The Hall–Kier alpha value is -1.84. The first kappa shape index (κ1) is 10.7. The number of hydrogen-bond donors (Lipinski definition) is 0. The molecule has 4 heteroatoms. The summed E-state index contributed by atoms with van der Waals surface area (Å²) in [6.45, 7) is 1.77. The number of rotatable bonds is 2. The van der Waals surface area contributed by atoms with Gasteiger partial charge in [-0.2, -0.15) is 0 Å². The van der Waals surface area contributed by atoms with Crippen molar-refractivity contribution in [3.8, 4) is 5.75 Å². The molecule has 0 bridgehead atoms. The topological polar surface area (TPSA) is 46.6 Å². The molecule has 1 atom stereocenters. The van der Waals surface area contributed by atoms with Crippen molar-refractivity contribution in [2.45, 2.75) is 13.3 Å². The molecule has 0 unspecified atom stereocenters. The smallest absolute Gasteiger partial charge is 0.237 e. The Balaban J connectivity index is 2.30. The van der Waals surface area contributed by atoms with E-state index in [2.05, 4.69) is 0 Å². The molecular weight excluding hydrogens is 206 g/mol. The summed E-state index contributed by atoms with van der Waals surface area (Å²) in [6.07, 6.45) is 0.296. The highest BCUT2D eigenvalue weighted by Gasteiger charge is 2.36. The quantitative estimate of drug-likeness (QED) is 0.710. The van der Waals surface area contributed by atoms with E-state index < -0.39 is 0 Å². The molecule has 0 aliphatic carbocycles. The van der Waals surface area contributed by atoms with Crippen LogP contribution in [0.15, 0.2) is 24.3 Å². The number of carbonyl (C=O) groups is 2. The predicted octanol–water partition coefficient (Wildman–Crippen LogP) is 1.59. The van der Waals surface area contributed by atoms with Gasteiger partial charge in [-0.05, 0) is 24.3 Å². The van der Waals surface area contributed by atoms with Gasteiger partial charge >= 0.3 is 0 Å². The highest BCUT2D eigenvalue weighted by atomic mass is 16.5. The molecule has 0 saturated carbocycles. The Bertz CT molecular complexity index is 424. The van der Waals surface area contributed by atoms with Crippen molar-refractivity contribution in [3.05, 3.63) is 24.3 Å². The predicted molar refractivity (Wildman–Crippen MR) is 59.3 cm³/mol. The first-order valence-electron chi connectivity index (χ1n) is 5.14. The highest BCUT2D eigenvalue weighted by Crippen LogP contribution is 2.27. The van der Waals surface area contributed by atoms with Crippen LogP contribution in [0.25, 0.3) is 0 Å². The summed E-state index contributed by atoms with van der Waals surface area (Å²) in [4.78, 5) is 24.6. The van der Waals surface area contributed by atoms with Crippen molar-refractivity contribution in [3.63, 3.8) is 0 Å². The van der Waals surface area contributed by atoms with Gasteiger partial charge in [-0.3, -0.25) is 14.5 Å². The molecule has 2 rings (SSSR count). The van der Waals surface area contributed by atoms with Crippen LogP contribution in [-0.4, -0.2) is 18.9 Å². The Labute approximate surface area is 93.8 Å². The Morgan fingerprint density at radius 1 is 1.25 bits per heavy atom.